The highest BCUT2D eigenvalue weighted by Gasteiger charge is 2.69. The van der Waals surface area contributed by atoms with Crippen LogP contribution in [0.15, 0.2) is 54.6 Å². The van der Waals surface area contributed by atoms with E-state index in [0.717, 1.165) is 36.3 Å². The van der Waals surface area contributed by atoms with Crippen molar-refractivity contribution in [1.29, 1.82) is 0 Å². The zero-order valence-corrected chi connectivity index (χ0v) is 23.6. The summed E-state index contributed by atoms with van der Waals surface area (Å²) in [5.41, 5.74) is 2.81. The van der Waals surface area contributed by atoms with Gasteiger partial charge in [-0.25, -0.2) is 9.37 Å². The number of anilines is 1. The van der Waals surface area contributed by atoms with Crippen molar-refractivity contribution in [2.24, 2.45) is 5.92 Å². The van der Waals surface area contributed by atoms with Crippen LogP contribution in [-0.4, -0.2) is 45.9 Å². The Morgan fingerprint density at radius 3 is 2.78 bits per heavy atom. The third kappa shape index (κ3) is 3.38. The highest BCUT2D eigenvalue weighted by atomic mass is 35.5. The number of carbonyl (C=O) groups excluding carboxylic acids is 2. The maximum absolute atomic E-state index is 16.1. The number of nitrogens with zero attached hydrogens (tertiary/aromatic N) is 3. The molecule has 1 saturated carbocycles. The first-order valence-electron chi connectivity index (χ1n) is 13.9. The van der Waals surface area contributed by atoms with Crippen LogP contribution in [0.4, 0.5) is 10.1 Å². The molecule has 2 fully saturated rings. The lowest BCUT2D eigenvalue weighted by Gasteiger charge is -2.40. The number of aromatic nitrogens is 2. The van der Waals surface area contributed by atoms with Crippen LogP contribution >= 0.6 is 23.2 Å². The first-order valence-corrected chi connectivity index (χ1v) is 14.6. The SMILES string of the molecule is CNC(=O)c1ccc2c(c1)nc1n2C[C@H]2[C@@H]1[C@H](c1cccc(Cl)c1F)[C@]1(C(=O)Nc3cc(Cl)ccc31)N2CC1CC1. The van der Waals surface area contributed by atoms with Gasteiger partial charge in [0.1, 0.15) is 17.2 Å². The summed E-state index contributed by atoms with van der Waals surface area (Å²) in [6.45, 7) is 1.32. The molecule has 4 atom stereocenters. The maximum Gasteiger partial charge on any atom is 0.251 e. The van der Waals surface area contributed by atoms with Crippen LogP contribution in [0.5, 0.6) is 0 Å². The molecule has 1 saturated heterocycles. The molecule has 4 heterocycles. The van der Waals surface area contributed by atoms with E-state index in [1.54, 1.807) is 43.4 Å². The smallest absolute Gasteiger partial charge is 0.251 e. The van der Waals surface area contributed by atoms with E-state index in [2.05, 4.69) is 20.1 Å². The number of hydrogen-bond donors (Lipinski definition) is 2. The van der Waals surface area contributed by atoms with E-state index in [1.165, 1.54) is 6.07 Å². The van der Waals surface area contributed by atoms with Crippen LogP contribution < -0.4 is 10.6 Å². The summed E-state index contributed by atoms with van der Waals surface area (Å²) in [5, 5.41) is 6.31. The van der Waals surface area contributed by atoms with Crippen molar-refractivity contribution in [3.63, 3.8) is 0 Å². The standard InChI is InChI=1S/C31H26Cl2FN5O2/c1-35-29(40)16-7-10-23-22(11-16)36-28-25-24(14-38(23)28)39(13-15-5-6-15)31(26(25)18-3-2-4-20(33)27(18)34)19-9-8-17(32)12-21(19)37-30(31)41/h2-4,7-12,15,24-26H,5-6,13-14H2,1H3,(H,35,40)(H,37,41)/t24-,25+,26-,31+/m0/s1. The molecule has 41 heavy (non-hydrogen) atoms. The van der Waals surface area contributed by atoms with Gasteiger partial charge in [-0.3, -0.25) is 14.5 Å². The van der Waals surface area contributed by atoms with E-state index in [1.807, 2.05) is 12.1 Å². The van der Waals surface area contributed by atoms with E-state index < -0.39 is 17.3 Å². The number of rotatable bonds is 4. The molecule has 1 spiro atoms. The van der Waals surface area contributed by atoms with E-state index in [-0.39, 0.29) is 28.8 Å². The molecule has 1 aliphatic carbocycles. The van der Waals surface area contributed by atoms with Crippen molar-refractivity contribution in [2.45, 2.75) is 42.8 Å². The van der Waals surface area contributed by atoms with Crippen molar-refractivity contribution in [3.05, 3.63) is 93.0 Å². The summed E-state index contributed by atoms with van der Waals surface area (Å²) >= 11 is 12.7. The van der Waals surface area contributed by atoms with Gasteiger partial charge in [-0.05, 0) is 60.7 Å². The minimum atomic E-state index is -1.17. The van der Waals surface area contributed by atoms with Crippen molar-refractivity contribution in [3.8, 4) is 0 Å². The Morgan fingerprint density at radius 1 is 1.17 bits per heavy atom. The lowest BCUT2D eigenvalue weighted by Crippen LogP contribution is -2.53. The molecule has 0 unspecified atom stereocenters. The van der Waals surface area contributed by atoms with Crippen LogP contribution in [0.1, 0.15) is 52.0 Å². The molecular weight excluding hydrogens is 564 g/mol. The molecular formula is C31H26Cl2FN5O2. The predicted octanol–water partition coefficient (Wildman–Crippen LogP) is 5.66. The number of imidazole rings is 1. The lowest BCUT2D eigenvalue weighted by atomic mass is 9.71. The van der Waals surface area contributed by atoms with Crippen molar-refractivity contribution < 1.29 is 14.0 Å². The number of halogens is 3. The summed E-state index contributed by atoms with van der Waals surface area (Å²) in [6, 6.07) is 15.9. The monoisotopic (exact) mass is 589 g/mol. The fraction of sp³-hybridized carbons (Fsp3) is 0.323. The average Bonchev–Trinajstić information content (AvgIpc) is 3.41. The minimum absolute atomic E-state index is 0.0197. The molecule has 3 aliphatic heterocycles. The molecule has 208 valence electrons. The Bertz CT molecular complexity index is 1800. The molecule has 3 aromatic carbocycles. The van der Waals surface area contributed by atoms with Gasteiger partial charge in [0.05, 0.1) is 16.1 Å². The zero-order valence-electron chi connectivity index (χ0n) is 22.1. The zero-order chi connectivity index (χ0) is 28.2. The van der Waals surface area contributed by atoms with Crippen LogP contribution in [0.3, 0.4) is 0 Å². The molecule has 1 aromatic heterocycles. The van der Waals surface area contributed by atoms with Gasteiger partial charge in [0.2, 0.25) is 5.91 Å². The van der Waals surface area contributed by atoms with Gasteiger partial charge in [0.15, 0.2) is 0 Å². The van der Waals surface area contributed by atoms with Gasteiger partial charge in [-0.1, -0.05) is 41.4 Å². The second-order valence-corrected chi connectivity index (χ2v) is 12.4. The largest absolute Gasteiger partial charge is 0.355 e. The second-order valence-electron chi connectivity index (χ2n) is 11.6. The number of benzene rings is 3. The molecule has 0 radical (unpaired) electrons. The molecule has 8 rings (SSSR count). The third-order valence-corrected chi connectivity index (χ3v) is 9.99. The van der Waals surface area contributed by atoms with E-state index >= 15 is 4.39 Å². The van der Waals surface area contributed by atoms with Crippen LogP contribution in [-0.2, 0) is 16.9 Å². The molecule has 0 bridgehead atoms. The number of likely N-dealkylation sites (tertiary alicyclic amines) is 1. The lowest BCUT2D eigenvalue weighted by molar-refractivity contribution is -0.128. The van der Waals surface area contributed by atoms with E-state index in [4.69, 9.17) is 28.2 Å². The number of fused-ring (bicyclic) bond motifs is 7. The van der Waals surface area contributed by atoms with Crippen molar-refractivity contribution >= 4 is 51.7 Å². The third-order valence-electron chi connectivity index (χ3n) is 9.47. The van der Waals surface area contributed by atoms with Crippen LogP contribution in [0.25, 0.3) is 11.0 Å². The Kier molecular flexibility index (Phi) is 5.40. The van der Waals surface area contributed by atoms with Gasteiger partial charge >= 0.3 is 0 Å². The summed E-state index contributed by atoms with van der Waals surface area (Å²) < 4.78 is 18.3. The Hall–Kier alpha value is -3.46. The number of hydrogen-bond acceptors (Lipinski definition) is 4. The van der Waals surface area contributed by atoms with Gasteiger partial charge in [0, 0.05) is 59.9 Å². The normalized spacial score (nSPS) is 26.3. The van der Waals surface area contributed by atoms with Gasteiger partial charge in [-0.2, -0.15) is 0 Å². The Labute approximate surface area is 245 Å². The summed E-state index contributed by atoms with van der Waals surface area (Å²) in [7, 11) is 1.60. The average molecular weight is 590 g/mol. The number of nitrogens with one attached hydrogen (secondary N) is 2. The number of carbonyl (C=O) groups is 2. The highest BCUT2D eigenvalue weighted by Crippen LogP contribution is 2.65. The van der Waals surface area contributed by atoms with Crippen LogP contribution in [0, 0.1) is 11.7 Å². The first-order chi connectivity index (χ1) is 19.8. The van der Waals surface area contributed by atoms with Gasteiger partial charge < -0.3 is 15.2 Å². The van der Waals surface area contributed by atoms with E-state index in [9.17, 15) is 9.59 Å². The maximum atomic E-state index is 16.1. The summed E-state index contributed by atoms with van der Waals surface area (Å²) in [5.74, 6) is -0.536. The fourth-order valence-electron chi connectivity index (χ4n) is 7.64. The molecule has 4 aliphatic rings. The van der Waals surface area contributed by atoms with Crippen molar-refractivity contribution in [2.75, 3.05) is 18.9 Å². The van der Waals surface area contributed by atoms with Gasteiger partial charge in [0.25, 0.3) is 5.91 Å². The predicted molar refractivity (Wildman–Crippen MR) is 155 cm³/mol. The minimum Gasteiger partial charge on any atom is -0.355 e. The van der Waals surface area contributed by atoms with Crippen LogP contribution in [0.2, 0.25) is 10.0 Å². The molecule has 10 heteroatoms. The first kappa shape index (κ1) is 25.3. The quantitative estimate of drug-likeness (QED) is 0.322. The topological polar surface area (TPSA) is 79.3 Å². The van der Waals surface area contributed by atoms with Gasteiger partial charge in [-0.15, -0.1) is 0 Å². The second kappa shape index (κ2) is 8.77. The Balaban J connectivity index is 1.40. The summed E-state index contributed by atoms with van der Waals surface area (Å²) in [6.07, 6.45) is 2.20. The Morgan fingerprint density at radius 2 is 2.00 bits per heavy atom. The summed E-state index contributed by atoms with van der Waals surface area (Å²) in [4.78, 5) is 34.2. The molecule has 4 aromatic rings. The number of amides is 2. The van der Waals surface area contributed by atoms with E-state index in [0.29, 0.717) is 39.8 Å². The molecule has 2 N–H and O–H groups in total. The fourth-order valence-corrected chi connectivity index (χ4v) is 7.99. The molecule has 7 nitrogen and oxygen atoms in total. The highest BCUT2D eigenvalue weighted by molar-refractivity contribution is 6.31. The molecule has 2 amide bonds. The van der Waals surface area contributed by atoms with Crippen molar-refractivity contribution in [1.82, 2.24) is 19.8 Å².